The molecule has 23 heavy (non-hydrogen) atoms. The van der Waals surface area contributed by atoms with Gasteiger partial charge < -0.3 is 4.74 Å². The quantitative estimate of drug-likeness (QED) is 0.633. The van der Waals surface area contributed by atoms with Crippen molar-refractivity contribution in [2.75, 3.05) is 0 Å². The van der Waals surface area contributed by atoms with Crippen molar-refractivity contribution in [1.82, 2.24) is 0 Å². The van der Waals surface area contributed by atoms with Crippen LogP contribution >= 0.6 is 23.2 Å². The van der Waals surface area contributed by atoms with Crippen molar-refractivity contribution >= 4 is 33.9 Å². The average Bonchev–Trinajstić information content (AvgIpc) is 2.78. The van der Waals surface area contributed by atoms with Gasteiger partial charge in [0.05, 0.1) is 5.57 Å². The molecular formula is C19H17Cl2NO. The van der Waals surface area contributed by atoms with Crippen molar-refractivity contribution in [3.8, 4) is 0 Å². The number of allylic oxidation sites excluding steroid dienone is 3. The highest BCUT2D eigenvalue weighted by Gasteiger charge is 2.43. The minimum absolute atomic E-state index is 0.398. The molecule has 0 amide bonds. The van der Waals surface area contributed by atoms with E-state index in [1.807, 2.05) is 25.1 Å². The van der Waals surface area contributed by atoms with Crippen LogP contribution in [0.25, 0.3) is 5.57 Å². The molecule has 0 N–H and O–H groups in total. The molecule has 0 saturated carbocycles. The molecule has 1 aromatic rings. The minimum Gasteiger partial charge on any atom is -0.466 e. The summed E-state index contributed by atoms with van der Waals surface area (Å²) in [6, 6.07) is 10.2. The lowest BCUT2D eigenvalue weighted by Crippen LogP contribution is -2.28. The Morgan fingerprint density at radius 1 is 1.26 bits per heavy atom. The Kier molecular flexibility index (Phi) is 4.22. The van der Waals surface area contributed by atoms with Gasteiger partial charge in [0.25, 0.3) is 0 Å². The normalized spacial score (nSPS) is 23.9. The number of rotatable bonds is 3. The number of aliphatic imine (C=N–C) groups is 1. The van der Waals surface area contributed by atoms with E-state index in [0.29, 0.717) is 16.1 Å². The largest absolute Gasteiger partial charge is 0.466 e. The predicted octanol–water partition coefficient (Wildman–Crippen LogP) is 5.81. The van der Waals surface area contributed by atoms with Gasteiger partial charge in [-0.1, -0.05) is 66.2 Å². The van der Waals surface area contributed by atoms with Gasteiger partial charge in [-0.15, -0.1) is 0 Å². The molecule has 0 fully saturated rings. The Morgan fingerprint density at radius 3 is 2.57 bits per heavy atom. The highest BCUT2D eigenvalue weighted by molar-refractivity contribution is 6.64. The number of benzene rings is 1. The molecule has 118 valence electrons. The van der Waals surface area contributed by atoms with Gasteiger partial charge in [0.15, 0.2) is 0 Å². The smallest absolute Gasteiger partial charge is 0.224 e. The van der Waals surface area contributed by atoms with Crippen LogP contribution in [-0.4, -0.2) is 10.8 Å². The van der Waals surface area contributed by atoms with Gasteiger partial charge in [0.2, 0.25) is 5.88 Å². The van der Waals surface area contributed by atoms with Gasteiger partial charge in [0.1, 0.15) is 10.8 Å². The number of halogens is 2. The third-order valence-corrected chi connectivity index (χ3v) is 4.29. The second-order valence-corrected chi connectivity index (χ2v) is 6.82. The van der Waals surface area contributed by atoms with E-state index in [9.17, 15) is 0 Å². The fourth-order valence-electron chi connectivity index (χ4n) is 2.91. The lowest BCUT2D eigenvalue weighted by molar-refractivity contribution is 0.0723. The zero-order valence-corrected chi connectivity index (χ0v) is 14.6. The van der Waals surface area contributed by atoms with Crippen LogP contribution in [0, 0.1) is 0 Å². The van der Waals surface area contributed by atoms with Crippen molar-refractivity contribution in [3.63, 3.8) is 0 Å². The lowest BCUT2D eigenvalue weighted by atomic mass is 9.81. The molecule has 0 saturated heterocycles. The maximum absolute atomic E-state index is 6.23. The Morgan fingerprint density at radius 2 is 1.96 bits per heavy atom. The molecule has 1 aliphatic carbocycles. The summed E-state index contributed by atoms with van der Waals surface area (Å²) in [5.74, 6) is 0.439. The van der Waals surface area contributed by atoms with E-state index in [2.05, 4.69) is 35.9 Å². The van der Waals surface area contributed by atoms with Crippen LogP contribution in [0.2, 0.25) is 0 Å². The first-order valence-electron chi connectivity index (χ1n) is 7.38. The molecule has 1 heterocycles. The van der Waals surface area contributed by atoms with E-state index in [-0.39, 0.29) is 0 Å². The molecule has 1 atom stereocenters. The Bertz CT molecular complexity index is 783. The average molecular weight is 346 g/mol. The zero-order valence-electron chi connectivity index (χ0n) is 13.1. The second kappa shape index (κ2) is 6.03. The molecular weight excluding hydrogens is 329 g/mol. The Hall–Kier alpha value is -1.77. The highest BCUT2D eigenvalue weighted by Crippen LogP contribution is 2.48. The minimum atomic E-state index is -0.489. The van der Waals surface area contributed by atoms with Gasteiger partial charge in [-0.3, -0.25) is 0 Å². The monoisotopic (exact) mass is 345 g/mol. The first kappa shape index (κ1) is 16.1. The summed E-state index contributed by atoms with van der Waals surface area (Å²) in [4.78, 5) is 4.28. The maximum Gasteiger partial charge on any atom is 0.224 e. The first-order valence-corrected chi connectivity index (χ1v) is 8.13. The van der Waals surface area contributed by atoms with E-state index >= 15 is 0 Å². The van der Waals surface area contributed by atoms with Crippen molar-refractivity contribution in [1.29, 1.82) is 0 Å². The van der Waals surface area contributed by atoms with Crippen LogP contribution in [0.15, 0.2) is 76.1 Å². The van der Waals surface area contributed by atoms with E-state index < -0.39 is 5.60 Å². The van der Waals surface area contributed by atoms with Crippen molar-refractivity contribution in [3.05, 3.63) is 76.7 Å². The van der Waals surface area contributed by atoms with Gasteiger partial charge in [0, 0.05) is 17.0 Å². The molecule has 1 aliphatic heterocycles. The molecule has 4 heteroatoms. The van der Waals surface area contributed by atoms with Gasteiger partial charge >= 0.3 is 0 Å². The summed E-state index contributed by atoms with van der Waals surface area (Å²) in [6.45, 7) is 7.61. The summed E-state index contributed by atoms with van der Waals surface area (Å²) in [7, 11) is 0. The summed E-state index contributed by atoms with van der Waals surface area (Å²) < 4.78 is 6.07. The predicted molar refractivity (Wildman–Crippen MR) is 97.6 cm³/mol. The molecule has 2 aliphatic rings. The molecule has 2 nitrogen and oxygen atoms in total. The van der Waals surface area contributed by atoms with Crippen LogP contribution in [0.3, 0.4) is 0 Å². The van der Waals surface area contributed by atoms with Crippen LogP contribution in [0.1, 0.15) is 25.8 Å². The third-order valence-electron chi connectivity index (χ3n) is 4.02. The fourth-order valence-corrected chi connectivity index (χ4v) is 3.17. The summed E-state index contributed by atoms with van der Waals surface area (Å²) in [6.07, 6.45) is 5.01. The topological polar surface area (TPSA) is 21.6 Å². The Balaban J connectivity index is 2.11. The number of ether oxygens (including phenoxy) is 1. The molecule has 1 aromatic carbocycles. The third kappa shape index (κ3) is 3.01. The molecule has 0 radical (unpaired) electrons. The number of hydrogen-bond acceptors (Lipinski definition) is 2. The number of fused-ring (bicyclic) bond motifs is 1. The molecule has 0 bridgehead atoms. The summed E-state index contributed by atoms with van der Waals surface area (Å²) in [5.41, 5.74) is 3.54. The van der Waals surface area contributed by atoms with Crippen LogP contribution in [0.5, 0.6) is 0 Å². The summed E-state index contributed by atoms with van der Waals surface area (Å²) >= 11 is 12.2. The number of nitrogens with zero attached hydrogens (tertiary/aromatic N) is 1. The van der Waals surface area contributed by atoms with E-state index in [0.717, 1.165) is 28.7 Å². The van der Waals surface area contributed by atoms with Crippen LogP contribution < -0.4 is 0 Å². The molecule has 0 spiro atoms. The van der Waals surface area contributed by atoms with E-state index in [1.165, 1.54) is 0 Å². The fraction of sp³-hybridized carbons (Fsp3) is 0.211. The van der Waals surface area contributed by atoms with Crippen molar-refractivity contribution in [2.45, 2.75) is 25.9 Å². The zero-order chi connectivity index (χ0) is 16.6. The van der Waals surface area contributed by atoms with E-state index in [1.54, 1.807) is 6.92 Å². The van der Waals surface area contributed by atoms with Crippen LogP contribution in [0.4, 0.5) is 0 Å². The first-order chi connectivity index (χ1) is 10.9. The van der Waals surface area contributed by atoms with Gasteiger partial charge in [-0.25, -0.2) is 4.99 Å². The lowest BCUT2D eigenvalue weighted by Gasteiger charge is -2.29. The standard InChI is InChI=1S/C19H17Cl2NO/c1-12(20)17-16-11-15(14-7-5-4-6-8-14)9-10-19(16,3)23-18(17)22-13(2)21/h4-9,11H,1,10H2,2-3H3/b22-13+. The maximum atomic E-state index is 6.23. The molecule has 3 rings (SSSR count). The SMILES string of the molecule is C=C(Cl)C1=C(/N=C(\C)Cl)OC2(C)CC=C(c3ccccc3)C=C12. The molecule has 1 unspecified atom stereocenters. The summed E-state index contributed by atoms with van der Waals surface area (Å²) in [5, 5.41) is 0.806. The second-order valence-electron chi connectivity index (χ2n) is 5.81. The van der Waals surface area contributed by atoms with Crippen LogP contribution in [-0.2, 0) is 4.74 Å². The highest BCUT2D eigenvalue weighted by atomic mass is 35.5. The van der Waals surface area contributed by atoms with Gasteiger partial charge in [-0.2, -0.15) is 0 Å². The Labute approximate surface area is 146 Å². The molecule has 0 aromatic heterocycles. The van der Waals surface area contributed by atoms with Gasteiger partial charge in [-0.05, 0) is 31.1 Å². The van der Waals surface area contributed by atoms with Crippen molar-refractivity contribution < 1.29 is 4.74 Å². The van der Waals surface area contributed by atoms with E-state index in [4.69, 9.17) is 27.9 Å². The number of hydrogen-bond donors (Lipinski definition) is 0. The van der Waals surface area contributed by atoms with Crippen molar-refractivity contribution in [2.24, 2.45) is 4.99 Å².